The molecule has 0 saturated carbocycles. The molecule has 2 heterocycles. The lowest BCUT2D eigenvalue weighted by Gasteiger charge is -2.36. The molecule has 1 aromatic carbocycles. The SMILES string of the molecule is O=C(O)N[C@H]1CN(C(=O)NS(=O)(=O)N2CCN(c3ccc(O)c(O)c3)C2=O)C1=O. The first kappa shape index (κ1) is 20.0. The molecule has 0 radical (unpaired) electrons. The maximum Gasteiger partial charge on any atom is 0.405 e. The summed E-state index contributed by atoms with van der Waals surface area (Å²) in [6.07, 6.45) is -1.47. The molecule has 0 unspecified atom stereocenters. The standard InChI is InChI=1S/C14H15N5O9S/c20-9-2-1-7(5-10(9)21)17-3-4-19(14(17)26)29(27,28)16-12(23)18-6-8(11(18)22)15-13(24)25/h1-2,5,8,15,20-21H,3-4,6H2,(H,16,23)(H,24,25)/t8-/m0/s1. The highest BCUT2D eigenvalue weighted by Crippen LogP contribution is 2.31. The smallest absolute Gasteiger partial charge is 0.405 e. The van der Waals surface area contributed by atoms with Gasteiger partial charge in [-0.1, -0.05) is 0 Å². The van der Waals surface area contributed by atoms with E-state index in [1.807, 2.05) is 5.32 Å². The summed E-state index contributed by atoms with van der Waals surface area (Å²) in [5, 5.41) is 29.3. The first-order chi connectivity index (χ1) is 13.5. The minimum Gasteiger partial charge on any atom is -0.504 e. The van der Waals surface area contributed by atoms with Crippen LogP contribution in [0.3, 0.4) is 0 Å². The molecule has 0 aromatic heterocycles. The minimum absolute atomic E-state index is 0.0919. The fourth-order valence-electron chi connectivity index (χ4n) is 2.75. The number of phenols is 2. The summed E-state index contributed by atoms with van der Waals surface area (Å²) in [7, 11) is -4.65. The van der Waals surface area contributed by atoms with Crippen LogP contribution in [0.1, 0.15) is 0 Å². The van der Waals surface area contributed by atoms with E-state index >= 15 is 0 Å². The van der Waals surface area contributed by atoms with Gasteiger partial charge in [0.1, 0.15) is 6.04 Å². The van der Waals surface area contributed by atoms with Crippen LogP contribution in [-0.4, -0.2) is 82.7 Å². The lowest BCUT2D eigenvalue weighted by atomic mass is 10.1. The summed E-state index contributed by atoms with van der Waals surface area (Å²) in [5.41, 5.74) is 0.120. The Bertz CT molecular complexity index is 1010. The Kier molecular flexibility index (Phi) is 4.83. The zero-order chi connectivity index (χ0) is 21.5. The van der Waals surface area contributed by atoms with Crippen LogP contribution >= 0.6 is 0 Å². The van der Waals surface area contributed by atoms with E-state index in [2.05, 4.69) is 0 Å². The van der Waals surface area contributed by atoms with Crippen LogP contribution < -0.4 is 14.9 Å². The highest BCUT2D eigenvalue weighted by atomic mass is 32.2. The number of amides is 6. The van der Waals surface area contributed by atoms with Crippen molar-refractivity contribution in [1.29, 1.82) is 0 Å². The van der Waals surface area contributed by atoms with E-state index in [9.17, 15) is 37.8 Å². The van der Waals surface area contributed by atoms with Gasteiger partial charge in [-0.2, -0.15) is 8.42 Å². The lowest BCUT2D eigenvalue weighted by molar-refractivity contribution is -0.138. The van der Waals surface area contributed by atoms with Crippen molar-refractivity contribution in [2.24, 2.45) is 0 Å². The van der Waals surface area contributed by atoms with Gasteiger partial charge in [-0.15, -0.1) is 0 Å². The van der Waals surface area contributed by atoms with Gasteiger partial charge < -0.3 is 20.6 Å². The molecule has 29 heavy (non-hydrogen) atoms. The number of nitrogens with one attached hydrogen (secondary N) is 2. The molecule has 156 valence electrons. The van der Waals surface area contributed by atoms with Crippen LogP contribution in [0.25, 0.3) is 0 Å². The third kappa shape index (κ3) is 3.66. The molecule has 14 nitrogen and oxygen atoms in total. The van der Waals surface area contributed by atoms with Gasteiger partial charge in [0, 0.05) is 18.3 Å². The number of carboxylic acid groups (broad SMARTS) is 1. The number of rotatable bonds is 4. The number of likely N-dealkylation sites (tertiary alicyclic amines) is 1. The molecule has 2 aliphatic rings. The van der Waals surface area contributed by atoms with Crippen molar-refractivity contribution in [1.82, 2.24) is 19.2 Å². The fourth-order valence-corrected chi connectivity index (χ4v) is 3.81. The van der Waals surface area contributed by atoms with Gasteiger partial charge in [0.25, 0.3) is 5.91 Å². The number of nitrogens with zero attached hydrogens (tertiary/aromatic N) is 3. The van der Waals surface area contributed by atoms with E-state index in [1.165, 1.54) is 6.07 Å². The van der Waals surface area contributed by atoms with Gasteiger partial charge in [-0.3, -0.25) is 14.6 Å². The number of phenolic OH excluding ortho intramolecular Hbond substituents is 2. The summed E-state index contributed by atoms with van der Waals surface area (Å²) in [6, 6.07) is -0.0325. The predicted molar refractivity (Wildman–Crippen MR) is 93.3 cm³/mol. The van der Waals surface area contributed by atoms with Crippen molar-refractivity contribution < 1.29 is 42.9 Å². The topological polar surface area (TPSA) is 197 Å². The average molecular weight is 429 g/mol. The molecule has 15 heteroatoms. The number of urea groups is 2. The van der Waals surface area contributed by atoms with E-state index in [0.717, 1.165) is 17.0 Å². The second-order valence-corrected chi connectivity index (χ2v) is 7.64. The normalized spacial score (nSPS) is 19.2. The van der Waals surface area contributed by atoms with Crippen molar-refractivity contribution in [2.45, 2.75) is 6.04 Å². The van der Waals surface area contributed by atoms with E-state index in [1.54, 1.807) is 4.72 Å². The van der Waals surface area contributed by atoms with Crippen LogP contribution in [0.5, 0.6) is 11.5 Å². The monoisotopic (exact) mass is 429 g/mol. The van der Waals surface area contributed by atoms with Gasteiger partial charge in [0.15, 0.2) is 11.5 Å². The van der Waals surface area contributed by atoms with Crippen LogP contribution in [0.15, 0.2) is 18.2 Å². The number of hydrogen-bond acceptors (Lipinski definition) is 8. The average Bonchev–Trinajstić information content (AvgIpc) is 3.02. The number of carbonyl (C=O) groups is 4. The van der Waals surface area contributed by atoms with E-state index in [4.69, 9.17) is 5.11 Å². The molecule has 1 atom stereocenters. The Hall–Kier alpha value is -3.75. The molecule has 5 N–H and O–H groups in total. The van der Waals surface area contributed by atoms with Crippen molar-refractivity contribution in [3.63, 3.8) is 0 Å². The second-order valence-electron chi connectivity index (χ2n) is 6.04. The van der Waals surface area contributed by atoms with E-state index in [0.29, 0.717) is 9.21 Å². The third-order valence-corrected chi connectivity index (χ3v) is 5.57. The molecule has 2 aliphatic heterocycles. The molecule has 2 saturated heterocycles. The Morgan fingerprint density at radius 3 is 2.38 bits per heavy atom. The first-order valence-electron chi connectivity index (χ1n) is 8.00. The zero-order valence-corrected chi connectivity index (χ0v) is 15.3. The van der Waals surface area contributed by atoms with Gasteiger partial charge in [0.2, 0.25) is 0 Å². The number of imide groups is 1. The summed E-state index contributed by atoms with van der Waals surface area (Å²) in [5.74, 6) is -1.87. The van der Waals surface area contributed by atoms with Crippen LogP contribution in [0.2, 0.25) is 0 Å². The number of benzene rings is 1. The number of β-lactam (4-membered cyclic amide) rings is 1. The molecule has 1 aromatic rings. The minimum atomic E-state index is -4.65. The number of anilines is 1. The largest absolute Gasteiger partial charge is 0.504 e. The maximum atomic E-state index is 12.4. The maximum absolute atomic E-state index is 12.4. The molecular weight excluding hydrogens is 414 g/mol. The van der Waals surface area contributed by atoms with Crippen LogP contribution in [-0.2, 0) is 15.0 Å². The van der Waals surface area contributed by atoms with Crippen LogP contribution in [0.4, 0.5) is 20.1 Å². The fraction of sp³-hybridized carbons (Fsp3) is 0.286. The predicted octanol–water partition coefficient (Wildman–Crippen LogP) is -1.23. The Morgan fingerprint density at radius 1 is 1.10 bits per heavy atom. The summed E-state index contributed by atoms with van der Waals surface area (Å²) in [6.45, 7) is -0.773. The third-order valence-electron chi connectivity index (χ3n) is 4.22. The van der Waals surface area contributed by atoms with Crippen molar-refractivity contribution >= 4 is 40.0 Å². The molecule has 0 aliphatic carbocycles. The van der Waals surface area contributed by atoms with Gasteiger partial charge in [-0.05, 0) is 12.1 Å². The summed E-state index contributed by atoms with van der Waals surface area (Å²) < 4.78 is 26.7. The number of aromatic hydroxyl groups is 2. The molecule has 3 rings (SSSR count). The van der Waals surface area contributed by atoms with Gasteiger partial charge in [-0.25, -0.2) is 23.4 Å². The Morgan fingerprint density at radius 2 is 1.79 bits per heavy atom. The van der Waals surface area contributed by atoms with Gasteiger partial charge in [0.05, 0.1) is 13.1 Å². The molecule has 0 bridgehead atoms. The summed E-state index contributed by atoms with van der Waals surface area (Å²) >= 11 is 0. The molecular formula is C14H15N5O9S. The Labute approximate surface area is 163 Å². The summed E-state index contributed by atoms with van der Waals surface area (Å²) in [4.78, 5) is 48.1. The molecule has 2 fully saturated rings. The van der Waals surface area contributed by atoms with Crippen molar-refractivity contribution in [3.8, 4) is 11.5 Å². The van der Waals surface area contributed by atoms with Crippen LogP contribution in [0, 0.1) is 0 Å². The quantitative estimate of drug-likeness (QED) is 0.287. The van der Waals surface area contributed by atoms with Crippen molar-refractivity contribution in [2.75, 3.05) is 24.5 Å². The Balaban J connectivity index is 1.66. The number of hydrogen-bond donors (Lipinski definition) is 5. The highest BCUT2D eigenvalue weighted by Gasteiger charge is 2.45. The van der Waals surface area contributed by atoms with E-state index < -0.39 is 51.8 Å². The second kappa shape index (κ2) is 7.01. The van der Waals surface area contributed by atoms with Crippen molar-refractivity contribution in [3.05, 3.63) is 18.2 Å². The van der Waals surface area contributed by atoms with E-state index in [-0.39, 0.29) is 25.3 Å². The molecule has 0 spiro atoms. The lowest BCUT2D eigenvalue weighted by Crippen LogP contribution is -2.67. The molecule has 6 amide bonds. The zero-order valence-electron chi connectivity index (χ0n) is 14.5. The first-order valence-corrected chi connectivity index (χ1v) is 9.44. The number of carbonyl (C=O) groups excluding carboxylic acids is 3. The highest BCUT2D eigenvalue weighted by molar-refractivity contribution is 7.88. The van der Waals surface area contributed by atoms with Gasteiger partial charge >= 0.3 is 28.4 Å².